The maximum absolute atomic E-state index is 6.02. The van der Waals surface area contributed by atoms with Crippen molar-refractivity contribution in [3.63, 3.8) is 0 Å². The van der Waals surface area contributed by atoms with Gasteiger partial charge in [0.25, 0.3) is 0 Å². The molecule has 0 saturated carbocycles. The van der Waals surface area contributed by atoms with Gasteiger partial charge in [-0.15, -0.1) is 11.3 Å². The summed E-state index contributed by atoms with van der Waals surface area (Å²) < 4.78 is 0. The van der Waals surface area contributed by atoms with Crippen molar-refractivity contribution in [1.82, 2.24) is 19.9 Å². The minimum Gasteiger partial charge on any atom is -0.340 e. The molecule has 0 aliphatic heterocycles. The third kappa shape index (κ3) is 2.43. The Morgan fingerprint density at radius 2 is 2.09 bits per heavy atom. The summed E-state index contributed by atoms with van der Waals surface area (Å²) in [4.78, 5) is 16.2. The summed E-state index contributed by atoms with van der Waals surface area (Å²) in [5.41, 5.74) is 2.58. The van der Waals surface area contributed by atoms with Gasteiger partial charge in [0.05, 0.1) is 11.1 Å². The van der Waals surface area contributed by atoms with Crippen LogP contribution in [-0.2, 0) is 0 Å². The average molecular weight is 328 g/mol. The third-order valence-corrected chi connectivity index (χ3v) is 4.22. The Balaban J connectivity index is 1.78. The van der Waals surface area contributed by atoms with Gasteiger partial charge < -0.3 is 10.3 Å². The van der Waals surface area contributed by atoms with Crippen molar-refractivity contribution in [3.8, 4) is 10.7 Å². The van der Waals surface area contributed by atoms with Crippen molar-refractivity contribution < 1.29 is 0 Å². The number of aromatic nitrogens is 4. The number of nitrogens with one attached hydrogen (secondary N) is 2. The van der Waals surface area contributed by atoms with E-state index in [1.54, 1.807) is 17.5 Å². The Hall–Kier alpha value is -2.44. The van der Waals surface area contributed by atoms with Crippen molar-refractivity contribution >= 4 is 45.5 Å². The second-order valence-electron chi connectivity index (χ2n) is 4.64. The van der Waals surface area contributed by atoms with Gasteiger partial charge in [-0.25, -0.2) is 15.0 Å². The molecule has 1 aromatic carbocycles. The van der Waals surface area contributed by atoms with E-state index in [9.17, 15) is 0 Å². The number of rotatable bonds is 3. The van der Waals surface area contributed by atoms with Gasteiger partial charge >= 0.3 is 0 Å². The molecule has 0 bridgehead atoms. The van der Waals surface area contributed by atoms with E-state index in [1.807, 2.05) is 35.7 Å². The Bertz CT molecular complexity index is 932. The Morgan fingerprint density at radius 3 is 2.91 bits per heavy atom. The molecule has 0 fully saturated rings. The lowest BCUT2D eigenvalue weighted by Gasteiger charge is -2.06. The zero-order valence-corrected chi connectivity index (χ0v) is 12.8. The molecular formula is C15H10ClN5S. The number of hydrogen-bond acceptors (Lipinski definition) is 5. The highest BCUT2D eigenvalue weighted by Crippen LogP contribution is 2.29. The predicted molar refractivity (Wildman–Crippen MR) is 89.7 cm³/mol. The van der Waals surface area contributed by atoms with E-state index in [-0.39, 0.29) is 0 Å². The standard InChI is InChI=1S/C15H10ClN5S/c16-9-2-1-3-10(6-9)20-13-11-7-12(15-17-4-5-22-15)21-14(11)19-8-18-13/h1-8H,(H2,18,19,20,21). The third-order valence-electron chi connectivity index (χ3n) is 3.18. The largest absolute Gasteiger partial charge is 0.340 e. The van der Waals surface area contributed by atoms with E-state index in [2.05, 4.69) is 25.3 Å². The van der Waals surface area contributed by atoms with E-state index in [4.69, 9.17) is 11.6 Å². The van der Waals surface area contributed by atoms with Gasteiger partial charge in [0, 0.05) is 22.3 Å². The van der Waals surface area contributed by atoms with Crippen molar-refractivity contribution in [3.05, 3.63) is 53.3 Å². The number of nitrogens with zero attached hydrogens (tertiary/aromatic N) is 3. The molecule has 0 aliphatic carbocycles. The number of thiazole rings is 1. The van der Waals surface area contributed by atoms with Gasteiger partial charge in [0.15, 0.2) is 0 Å². The summed E-state index contributed by atoms with van der Waals surface area (Å²) in [6.45, 7) is 0. The summed E-state index contributed by atoms with van der Waals surface area (Å²) in [5, 5.41) is 7.72. The topological polar surface area (TPSA) is 66.5 Å². The molecule has 0 spiro atoms. The van der Waals surface area contributed by atoms with Crippen LogP contribution in [0.5, 0.6) is 0 Å². The maximum atomic E-state index is 6.02. The lowest BCUT2D eigenvalue weighted by Crippen LogP contribution is -1.94. The maximum Gasteiger partial charge on any atom is 0.143 e. The second kappa shape index (κ2) is 5.40. The van der Waals surface area contributed by atoms with Crippen LogP contribution in [0.3, 0.4) is 0 Å². The molecule has 5 nitrogen and oxygen atoms in total. The number of halogens is 1. The number of anilines is 2. The zero-order valence-electron chi connectivity index (χ0n) is 11.2. The molecule has 4 rings (SSSR count). The van der Waals surface area contributed by atoms with Crippen LogP contribution in [0.15, 0.2) is 48.2 Å². The van der Waals surface area contributed by atoms with Crippen molar-refractivity contribution in [1.29, 1.82) is 0 Å². The van der Waals surface area contributed by atoms with Crippen molar-refractivity contribution in [2.75, 3.05) is 5.32 Å². The molecule has 0 radical (unpaired) electrons. The van der Waals surface area contributed by atoms with Crippen LogP contribution in [0.1, 0.15) is 0 Å². The lowest BCUT2D eigenvalue weighted by molar-refractivity contribution is 1.20. The summed E-state index contributed by atoms with van der Waals surface area (Å²) >= 11 is 7.59. The Morgan fingerprint density at radius 1 is 1.14 bits per heavy atom. The highest BCUT2D eigenvalue weighted by atomic mass is 35.5. The first kappa shape index (κ1) is 13.2. The predicted octanol–water partition coefficient (Wildman–Crippen LogP) is 4.48. The first-order chi connectivity index (χ1) is 10.8. The molecule has 3 aromatic heterocycles. The lowest BCUT2D eigenvalue weighted by atomic mass is 10.3. The van der Waals surface area contributed by atoms with E-state index in [0.717, 1.165) is 33.2 Å². The number of hydrogen-bond donors (Lipinski definition) is 2. The van der Waals surface area contributed by atoms with Crippen LogP contribution in [0, 0.1) is 0 Å². The van der Waals surface area contributed by atoms with E-state index >= 15 is 0 Å². The molecule has 108 valence electrons. The molecule has 7 heteroatoms. The van der Waals surface area contributed by atoms with Gasteiger partial charge in [-0.2, -0.15) is 0 Å². The second-order valence-corrected chi connectivity index (χ2v) is 5.97. The van der Waals surface area contributed by atoms with Crippen LogP contribution < -0.4 is 5.32 Å². The van der Waals surface area contributed by atoms with Crippen LogP contribution in [0.2, 0.25) is 5.02 Å². The van der Waals surface area contributed by atoms with Crippen LogP contribution in [0.25, 0.3) is 21.7 Å². The molecule has 3 heterocycles. The average Bonchev–Trinajstić information content (AvgIpc) is 3.17. The Labute approximate surface area is 135 Å². The number of benzene rings is 1. The fourth-order valence-electron chi connectivity index (χ4n) is 2.21. The van der Waals surface area contributed by atoms with Gasteiger partial charge in [-0.05, 0) is 24.3 Å². The van der Waals surface area contributed by atoms with E-state index < -0.39 is 0 Å². The minimum atomic E-state index is 0.674. The quantitative estimate of drug-likeness (QED) is 0.582. The molecule has 0 unspecified atom stereocenters. The number of H-pyrrole nitrogens is 1. The molecule has 2 N–H and O–H groups in total. The molecule has 4 aromatic rings. The molecule has 0 amide bonds. The van der Waals surface area contributed by atoms with Gasteiger partial charge in [-0.3, -0.25) is 0 Å². The summed E-state index contributed by atoms with van der Waals surface area (Å²) in [7, 11) is 0. The molecule has 0 atom stereocenters. The molecular weight excluding hydrogens is 318 g/mol. The van der Waals surface area contributed by atoms with Crippen molar-refractivity contribution in [2.45, 2.75) is 0 Å². The SMILES string of the molecule is Clc1cccc(Nc2ncnc3[nH]c(-c4nccs4)cc23)c1. The molecule has 22 heavy (non-hydrogen) atoms. The van der Waals surface area contributed by atoms with E-state index in [1.165, 1.54) is 6.33 Å². The van der Waals surface area contributed by atoms with Crippen LogP contribution >= 0.6 is 22.9 Å². The summed E-state index contributed by atoms with van der Waals surface area (Å²) in [5.74, 6) is 0.728. The fourth-order valence-corrected chi connectivity index (χ4v) is 3.01. The monoisotopic (exact) mass is 327 g/mol. The minimum absolute atomic E-state index is 0.674. The highest BCUT2D eigenvalue weighted by molar-refractivity contribution is 7.13. The first-order valence-corrected chi connectivity index (χ1v) is 7.81. The summed E-state index contributed by atoms with van der Waals surface area (Å²) in [6.07, 6.45) is 3.31. The molecule has 0 aliphatic rings. The van der Waals surface area contributed by atoms with Crippen LogP contribution in [-0.4, -0.2) is 19.9 Å². The van der Waals surface area contributed by atoms with Crippen LogP contribution in [0.4, 0.5) is 11.5 Å². The smallest absolute Gasteiger partial charge is 0.143 e. The van der Waals surface area contributed by atoms with Gasteiger partial charge in [0.2, 0.25) is 0 Å². The zero-order chi connectivity index (χ0) is 14.9. The number of aromatic amines is 1. The number of fused-ring (bicyclic) bond motifs is 1. The Kier molecular flexibility index (Phi) is 3.25. The molecule has 0 saturated heterocycles. The van der Waals surface area contributed by atoms with Gasteiger partial charge in [-0.1, -0.05) is 17.7 Å². The summed E-state index contributed by atoms with van der Waals surface area (Å²) in [6, 6.07) is 9.51. The highest BCUT2D eigenvalue weighted by Gasteiger charge is 2.11. The normalized spacial score (nSPS) is 11.0. The van der Waals surface area contributed by atoms with E-state index in [0.29, 0.717) is 5.02 Å². The first-order valence-electron chi connectivity index (χ1n) is 6.56. The fraction of sp³-hybridized carbons (Fsp3) is 0. The van der Waals surface area contributed by atoms with Crippen molar-refractivity contribution in [2.24, 2.45) is 0 Å². The van der Waals surface area contributed by atoms with Gasteiger partial charge in [0.1, 0.15) is 22.8 Å².